The largest absolute Gasteiger partial charge is 0.496 e. The zero-order valence-electron chi connectivity index (χ0n) is 10.7. The van der Waals surface area contributed by atoms with Crippen molar-refractivity contribution in [1.82, 2.24) is 14.8 Å². The number of rotatable bonds is 4. The Morgan fingerprint density at radius 2 is 2.26 bits per heavy atom. The zero-order chi connectivity index (χ0) is 13.8. The molecule has 100 valence electrons. The predicted molar refractivity (Wildman–Crippen MR) is 67.5 cm³/mol. The molecule has 0 aliphatic carbocycles. The molecule has 19 heavy (non-hydrogen) atoms. The first-order chi connectivity index (χ1) is 9.11. The maximum atomic E-state index is 12.0. The molecule has 0 unspecified atom stereocenters. The Hall–Kier alpha value is -2.57. The first-order valence-electron chi connectivity index (χ1n) is 5.55. The Labute approximate surface area is 110 Å². The van der Waals surface area contributed by atoms with Gasteiger partial charge in [-0.2, -0.15) is 5.10 Å². The molecule has 1 aromatic heterocycles. The van der Waals surface area contributed by atoms with Gasteiger partial charge in [0, 0.05) is 12.7 Å². The second-order valence-corrected chi connectivity index (χ2v) is 3.84. The fraction of sp³-hybridized carbons (Fsp3) is 0.250. The number of hydrogen-bond donors (Lipinski definition) is 1. The van der Waals surface area contributed by atoms with Gasteiger partial charge in [-0.25, -0.2) is 9.78 Å². The van der Waals surface area contributed by atoms with Crippen molar-refractivity contribution in [2.75, 3.05) is 12.8 Å². The van der Waals surface area contributed by atoms with Gasteiger partial charge in [-0.1, -0.05) is 0 Å². The number of carbonyl (C=O) groups excluding carboxylic acids is 1. The third-order valence-corrected chi connectivity index (χ3v) is 2.58. The molecule has 0 atom stereocenters. The van der Waals surface area contributed by atoms with Crippen molar-refractivity contribution in [2.45, 2.75) is 6.61 Å². The number of ether oxygens (including phenoxy) is 2. The molecule has 0 aliphatic heterocycles. The number of benzene rings is 1. The Bertz CT molecular complexity index is 594. The standard InChI is InChI=1S/C12H14N4O3/c1-16-11(14-7-15-16)6-19-12(17)9-5-8(13)3-4-10(9)18-2/h3-5,7H,6,13H2,1-2H3. The van der Waals surface area contributed by atoms with Crippen LogP contribution in [-0.4, -0.2) is 27.8 Å². The maximum Gasteiger partial charge on any atom is 0.342 e. The van der Waals surface area contributed by atoms with Crippen LogP contribution in [0, 0.1) is 0 Å². The van der Waals surface area contributed by atoms with E-state index in [1.807, 2.05) is 0 Å². The molecule has 0 bridgehead atoms. The number of nitrogen functional groups attached to an aromatic ring is 1. The van der Waals surface area contributed by atoms with Crippen LogP contribution in [-0.2, 0) is 18.4 Å². The minimum absolute atomic E-state index is 0.0350. The van der Waals surface area contributed by atoms with Gasteiger partial charge in [0.2, 0.25) is 0 Å². The molecule has 0 saturated heterocycles. The van der Waals surface area contributed by atoms with E-state index in [1.165, 1.54) is 24.2 Å². The van der Waals surface area contributed by atoms with Crippen molar-refractivity contribution in [3.8, 4) is 5.75 Å². The van der Waals surface area contributed by atoms with Gasteiger partial charge in [-0.15, -0.1) is 0 Å². The molecule has 7 nitrogen and oxygen atoms in total. The van der Waals surface area contributed by atoms with Crippen LogP contribution in [0.4, 0.5) is 5.69 Å². The fourth-order valence-corrected chi connectivity index (χ4v) is 1.54. The summed E-state index contributed by atoms with van der Waals surface area (Å²) in [7, 11) is 3.20. The number of aryl methyl sites for hydroxylation is 1. The molecule has 0 fully saturated rings. The number of anilines is 1. The molecule has 0 spiro atoms. The Kier molecular flexibility index (Phi) is 3.65. The summed E-state index contributed by atoms with van der Waals surface area (Å²) in [6.45, 7) is 0.0350. The lowest BCUT2D eigenvalue weighted by Crippen LogP contribution is -2.10. The van der Waals surface area contributed by atoms with Gasteiger partial charge in [0.25, 0.3) is 0 Å². The molecular formula is C12H14N4O3. The minimum Gasteiger partial charge on any atom is -0.496 e. The Morgan fingerprint density at radius 1 is 1.47 bits per heavy atom. The summed E-state index contributed by atoms with van der Waals surface area (Å²) in [5.41, 5.74) is 6.39. The van der Waals surface area contributed by atoms with Crippen LogP contribution >= 0.6 is 0 Å². The van der Waals surface area contributed by atoms with Gasteiger partial charge in [-0.05, 0) is 18.2 Å². The van der Waals surface area contributed by atoms with Crippen LogP contribution in [0.1, 0.15) is 16.2 Å². The molecule has 0 saturated carbocycles. The Morgan fingerprint density at radius 3 is 2.89 bits per heavy atom. The van der Waals surface area contributed by atoms with Crippen molar-refractivity contribution >= 4 is 11.7 Å². The molecule has 2 rings (SSSR count). The van der Waals surface area contributed by atoms with E-state index in [9.17, 15) is 4.79 Å². The molecule has 0 amide bonds. The van der Waals surface area contributed by atoms with Crippen molar-refractivity contribution in [1.29, 1.82) is 0 Å². The second kappa shape index (κ2) is 5.38. The number of esters is 1. The topological polar surface area (TPSA) is 92.3 Å². The van der Waals surface area contributed by atoms with Crippen LogP contribution in [0.3, 0.4) is 0 Å². The fourth-order valence-electron chi connectivity index (χ4n) is 1.54. The van der Waals surface area contributed by atoms with E-state index in [1.54, 1.807) is 19.2 Å². The number of aromatic nitrogens is 3. The molecule has 2 N–H and O–H groups in total. The lowest BCUT2D eigenvalue weighted by molar-refractivity contribution is 0.0454. The first kappa shape index (κ1) is 12.9. The average Bonchev–Trinajstić information content (AvgIpc) is 2.81. The van der Waals surface area contributed by atoms with Crippen LogP contribution in [0.25, 0.3) is 0 Å². The highest BCUT2D eigenvalue weighted by Crippen LogP contribution is 2.22. The molecule has 7 heteroatoms. The molecule has 1 aromatic carbocycles. The smallest absolute Gasteiger partial charge is 0.342 e. The summed E-state index contributed by atoms with van der Waals surface area (Å²) in [5, 5.41) is 3.88. The Balaban J connectivity index is 2.12. The van der Waals surface area contributed by atoms with Crippen molar-refractivity contribution in [2.24, 2.45) is 7.05 Å². The third kappa shape index (κ3) is 2.82. The van der Waals surface area contributed by atoms with Crippen LogP contribution in [0.15, 0.2) is 24.5 Å². The number of nitrogens with zero attached hydrogens (tertiary/aromatic N) is 3. The number of methoxy groups -OCH3 is 1. The summed E-state index contributed by atoms with van der Waals surface area (Å²) >= 11 is 0. The monoisotopic (exact) mass is 262 g/mol. The lowest BCUT2D eigenvalue weighted by atomic mass is 10.2. The lowest BCUT2D eigenvalue weighted by Gasteiger charge is -2.09. The average molecular weight is 262 g/mol. The van der Waals surface area contributed by atoms with Crippen molar-refractivity contribution in [3.63, 3.8) is 0 Å². The van der Waals surface area contributed by atoms with Crippen molar-refractivity contribution < 1.29 is 14.3 Å². The molecule has 0 aliphatic rings. The normalized spacial score (nSPS) is 10.2. The third-order valence-electron chi connectivity index (χ3n) is 2.58. The first-order valence-corrected chi connectivity index (χ1v) is 5.55. The van der Waals surface area contributed by atoms with Gasteiger partial charge in [-0.3, -0.25) is 4.68 Å². The summed E-state index contributed by atoms with van der Waals surface area (Å²) in [5.74, 6) is 0.445. The van der Waals surface area contributed by atoms with Gasteiger partial charge in [0.05, 0.1) is 7.11 Å². The van der Waals surface area contributed by atoms with E-state index in [-0.39, 0.29) is 12.2 Å². The molecule has 1 heterocycles. The van der Waals surface area contributed by atoms with Gasteiger partial charge in [0.15, 0.2) is 12.4 Å². The molecule has 2 aromatic rings. The summed E-state index contributed by atoms with van der Waals surface area (Å²) in [6, 6.07) is 4.78. The van der Waals surface area contributed by atoms with Crippen LogP contribution < -0.4 is 10.5 Å². The van der Waals surface area contributed by atoms with Crippen LogP contribution in [0.5, 0.6) is 5.75 Å². The van der Waals surface area contributed by atoms with E-state index in [0.717, 1.165) is 0 Å². The molecule has 0 radical (unpaired) electrons. The van der Waals surface area contributed by atoms with E-state index in [2.05, 4.69) is 10.1 Å². The zero-order valence-corrected chi connectivity index (χ0v) is 10.7. The number of hydrogen-bond acceptors (Lipinski definition) is 6. The highest BCUT2D eigenvalue weighted by molar-refractivity contribution is 5.93. The highest BCUT2D eigenvalue weighted by Gasteiger charge is 2.15. The molecular weight excluding hydrogens is 248 g/mol. The second-order valence-electron chi connectivity index (χ2n) is 3.84. The van der Waals surface area contributed by atoms with E-state index in [0.29, 0.717) is 17.3 Å². The summed E-state index contributed by atoms with van der Waals surface area (Å²) < 4.78 is 11.8. The number of nitrogens with two attached hydrogens (primary N) is 1. The maximum absolute atomic E-state index is 12.0. The van der Waals surface area contributed by atoms with Gasteiger partial charge >= 0.3 is 5.97 Å². The van der Waals surface area contributed by atoms with E-state index >= 15 is 0 Å². The SMILES string of the molecule is COc1ccc(N)cc1C(=O)OCc1ncnn1C. The van der Waals surface area contributed by atoms with Crippen LogP contribution in [0.2, 0.25) is 0 Å². The predicted octanol–water partition coefficient (Wildman–Crippen LogP) is 0.763. The van der Waals surface area contributed by atoms with E-state index in [4.69, 9.17) is 15.2 Å². The van der Waals surface area contributed by atoms with E-state index < -0.39 is 5.97 Å². The minimum atomic E-state index is -0.521. The number of carbonyl (C=O) groups is 1. The van der Waals surface area contributed by atoms with Gasteiger partial charge in [0.1, 0.15) is 17.6 Å². The quantitative estimate of drug-likeness (QED) is 0.646. The highest BCUT2D eigenvalue weighted by atomic mass is 16.5. The summed E-state index contributed by atoms with van der Waals surface area (Å²) in [4.78, 5) is 15.9. The van der Waals surface area contributed by atoms with Crippen molar-refractivity contribution in [3.05, 3.63) is 35.9 Å². The summed E-state index contributed by atoms with van der Waals surface area (Å²) in [6.07, 6.45) is 1.39. The van der Waals surface area contributed by atoms with Gasteiger partial charge < -0.3 is 15.2 Å².